The van der Waals surface area contributed by atoms with E-state index < -0.39 is 12.0 Å². The Morgan fingerprint density at radius 3 is 2.65 bits per heavy atom. The van der Waals surface area contributed by atoms with E-state index in [4.69, 9.17) is 10.00 Å². The third-order valence-corrected chi connectivity index (χ3v) is 2.82. The largest absolute Gasteiger partial charge is 0.467 e. The van der Waals surface area contributed by atoms with Gasteiger partial charge in [-0.2, -0.15) is 5.26 Å². The van der Waals surface area contributed by atoms with Crippen molar-refractivity contribution in [2.45, 2.75) is 26.3 Å². The maximum atomic E-state index is 11.7. The molecule has 1 amide bonds. The molecule has 1 rings (SSSR count). The van der Waals surface area contributed by atoms with Gasteiger partial charge in [0.2, 0.25) is 5.91 Å². The average molecular weight is 274 g/mol. The number of hydrogen-bond acceptors (Lipinski definition) is 4. The van der Waals surface area contributed by atoms with Crippen LogP contribution in [0.25, 0.3) is 0 Å². The van der Waals surface area contributed by atoms with Crippen LogP contribution in [0.15, 0.2) is 24.3 Å². The molecule has 0 aliphatic heterocycles. The number of nitrogens with zero attached hydrogens (tertiary/aromatic N) is 1. The van der Waals surface area contributed by atoms with Gasteiger partial charge in [-0.05, 0) is 17.7 Å². The van der Waals surface area contributed by atoms with Gasteiger partial charge in [-0.1, -0.05) is 26.0 Å². The molecular weight excluding hydrogens is 256 g/mol. The lowest BCUT2D eigenvalue weighted by molar-refractivity contribution is -0.145. The normalized spacial score (nSPS) is 11.6. The lowest BCUT2D eigenvalue weighted by Crippen LogP contribution is -2.44. The third kappa shape index (κ3) is 4.39. The molecule has 1 atom stereocenters. The molecule has 1 aromatic carbocycles. The van der Waals surface area contributed by atoms with E-state index in [-0.39, 0.29) is 11.8 Å². The van der Waals surface area contributed by atoms with Gasteiger partial charge in [0, 0.05) is 12.3 Å². The highest BCUT2D eigenvalue weighted by molar-refractivity contribution is 5.85. The Balaban J connectivity index is 2.86. The summed E-state index contributed by atoms with van der Waals surface area (Å²) in [7, 11) is 1.28. The topological polar surface area (TPSA) is 79.2 Å². The smallest absolute Gasteiger partial charge is 0.328 e. The fourth-order valence-electron chi connectivity index (χ4n) is 1.68. The maximum Gasteiger partial charge on any atom is 0.328 e. The highest BCUT2D eigenvalue weighted by Crippen LogP contribution is 2.08. The molecule has 0 aromatic heterocycles. The van der Waals surface area contributed by atoms with Gasteiger partial charge in [-0.3, -0.25) is 4.79 Å². The fraction of sp³-hybridized carbons (Fsp3) is 0.400. The summed E-state index contributed by atoms with van der Waals surface area (Å²) < 4.78 is 4.70. The SMILES string of the molecule is COC(=O)[C@@H](Cc1cccc(C#N)c1)NC(=O)C(C)C. The van der Waals surface area contributed by atoms with Crippen molar-refractivity contribution >= 4 is 11.9 Å². The molecule has 0 heterocycles. The van der Waals surface area contributed by atoms with Gasteiger partial charge in [0.15, 0.2) is 0 Å². The number of nitrogens with one attached hydrogen (secondary N) is 1. The number of amides is 1. The summed E-state index contributed by atoms with van der Waals surface area (Å²) in [6.07, 6.45) is 0.292. The van der Waals surface area contributed by atoms with Gasteiger partial charge < -0.3 is 10.1 Å². The van der Waals surface area contributed by atoms with Gasteiger partial charge in [0.05, 0.1) is 18.7 Å². The molecule has 0 saturated carbocycles. The minimum Gasteiger partial charge on any atom is -0.467 e. The second-order valence-corrected chi connectivity index (χ2v) is 4.76. The van der Waals surface area contributed by atoms with Crippen LogP contribution >= 0.6 is 0 Å². The van der Waals surface area contributed by atoms with Crippen molar-refractivity contribution in [1.82, 2.24) is 5.32 Å². The summed E-state index contributed by atoms with van der Waals surface area (Å²) in [5.74, 6) is -0.925. The summed E-state index contributed by atoms with van der Waals surface area (Å²) >= 11 is 0. The Morgan fingerprint density at radius 2 is 2.10 bits per heavy atom. The molecule has 0 radical (unpaired) electrons. The molecule has 0 aliphatic carbocycles. The van der Waals surface area contributed by atoms with Crippen molar-refractivity contribution in [2.75, 3.05) is 7.11 Å². The predicted molar refractivity (Wildman–Crippen MR) is 73.6 cm³/mol. The second kappa shape index (κ2) is 7.29. The van der Waals surface area contributed by atoms with Crippen LogP contribution in [-0.2, 0) is 20.7 Å². The Bertz CT molecular complexity index is 532. The van der Waals surface area contributed by atoms with Gasteiger partial charge in [0.25, 0.3) is 0 Å². The number of carbonyl (C=O) groups excluding carboxylic acids is 2. The molecule has 0 unspecified atom stereocenters. The summed E-state index contributed by atoms with van der Waals surface area (Å²) in [6.45, 7) is 3.50. The minimum absolute atomic E-state index is 0.211. The third-order valence-electron chi connectivity index (χ3n) is 2.82. The van der Waals surface area contributed by atoms with E-state index in [1.165, 1.54) is 7.11 Å². The minimum atomic E-state index is -0.746. The molecule has 0 spiro atoms. The monoisotopic (exact) mass is 274 g/mol. The molecule has 1 N–H and O–H groups in total. The number of ether oxygens (including phenoxy) is 1. The summed E-state index contributed by atoms with van der Waals surface area (Å²) in [5.41, 5.74) is 1.31. The van der Waals surface area contributed by atoms with Gasteiger partial charge in [0.1, 0.15) is 6.04 Å². The van der Waals surface area contributed by atoms with E-state index >= 15 is 0 Å². The van der Waals surface area contributed by atoms with Crippen molar-refractivity contribution in [3.8, 4) is 6.07 Å². The second-order valence-electron chi connectivity index (χ2n) is 4.76. The molecular formula is C15H18N2O3. The first-order chi connectivity index (χ1) is 9.47. The van der Waals surface area contributed by atoms with Crippen LogP contribution in [0.3, 0.4) is 0 Å². The standard InChI is InChI=1S/C15H18N2O3/c1-10(2)14(18)17-13(15(19)20-3)8-11-5-4-6-12(7-11)9-16/h4-7,10,13H,8H2,1-3H3,(H,17,18)/t13-/m1/s1. The van der Waals surface area contributed by atoms with Crippen LogP contribution in [-0.4, -0.2) is 25.0 Å². The lowest BCUT2D eigenvalue weighted by atomic mass is 10.0. The van der Waals surface area contributed by atoms with Crippen molar-refractivity contribution in [2.24, 2.45) is 5.92 Å². The van der Waals surface area contributed by atoms with E-state index in [1.807, 2.05) is 6.07 Å². The van der Waals surface area contributed by atoms with E-state index in [2.05, 4.69) is 5.32 Å². The first-order valence-electron chi connectivity index (χ1n) is 6.35. The van der Waals surface area contributed by atoms with E-state index in [1.54, 1.807) is 38.1 Å². The molecule has 0 fully saturated rings. The molecule has 0 saturated heterocycles. The number of methoxy groups -OCH3 is 1. The quantitative estimate of drug-likeness (QED) is 0.823. The van der Waals surface area contributed by atoms with E-state index in [0.717, 1.165) is 5.56 Å². The van der Waals surface area contributed by atoms with E-state index in [0.29, 0.717) is 12.0 Å². The summed E-state index contributed by atoms with van der Waals surface area (Å²) in [5, 5.41) is 11.5. The van der Waals surface area contributed by atoms with E-state index in [9.17, 15) is 9.59 Å². The molecule has 106 valence electrons. The van der Waals surface area contributed by atoms with Crippen LogP contribution in [0.5, 0.6) is 0 Å². The van der Waals surface area contributed by atoms with Gasteiger partial charge in [-0.15, -0.1) is 0 Å². The Hall–Kier alpha value is -2.35. The number of rotatable bonds is 5. The number of carbonyl (C=O) groups is 2. The number of benzene rings is 1. The summed E-state index contributed by atoms with van der Waals surface area (Å²) in [6, 6.07) is 8.22. The van der Waals surface area contributed by atoms with Crippen molar-refractivity contribution in [3.05, 3.63) is 35.4 Å². The van der Waals surface area contributed by atoms with Crippen LogP contribution in [0.2, 0.25) is 0 Å². The average Bonchev–Trinajstić information content (AvgIpc) is 2.45. The van der Waals surface area contributed by atoms with Crippen molar-refractivity contribution in [1.29, 1.82) is 5.26 Å². The molecule has 0 bridgehead atoms. The zero-order valence-electron chi connectivity index (χ0n) is 11.8. The first kappa shape index (κ1) is 15.7. The zero-order valence-corrected chi connectivity index (χ0v) is 11.8. The van der Waals surface area contributed by atoms with Crippen LogP contribution in [0.4, 0.5) is 0 Å². The lowest BCUT2D eigenvalue weighted by Gasteiger charge is -2.18. The zero-order chi connectivity index (χ0) is 15.1. The predicted octanol–water partition coefficient (Wildman–Crippen LogP) is 1.41. The molecule has 0 aliphatic rings. The van der Waals surface area contributed by atoms with Gasteiger partial charge in [-0.25, -0.2) is 4.79 Å². The Labute approximate surface area is 118 Å². The number of nitriles is 1. The van der Waals surface area contributed by atoms with Gasteiger partial charge >= 0.3 is 5.97 Å². The Kier molecular flexibility index (Phi) is 5.73. The first-order valence-corrected chi connectivity index (χ1v) is 6.35. The summed E-state index contributed by atoms with van der Waals surface area (Å²) in [4.78, 5) is 23.4. The molecule has 20 heavy (non-hydrogen) atoms. The fourth-order valence-corrected chi connectivity index (χ4v) is 1.68. The maximum absolute atomic E-state index is 11.7. The van der Waals surface area contributed by atoms with Crippen LogP contribution < -0.4 is 5.32 Å². The molecule has 5 nitrogen and oxygen atoms in total. The van der Waals surface area contributed by atoms with Crippen LogP contribution in [0, 0.1) is 17.2 Å². The highest BCUT2D eigenvalue weighted by Gasteiger charge is 2.23. The Morgan fingerprint density at radius 1 is 1.40 bits per heavy atom. The number of esters is 1. The van der Waals surface area contributed by atoms with Crippen molar-refractivity contribution in [3.63, 3.8) is 0 Å². The molecule has 1 aromatic rings. The highest BCUT2D eigenvalue weighted by atomic mass is 16.5. The number of hydrogen-bond donors (Lipinski definition) is 1. The molecule has 5 heteroatoms. The van der Waals surface area contributed by atoms with Crippen LogP contribution in [0.1, 0.15) is 25.0 Å². The van der Waals surface area contributed by atoms with Crippen molar-refractivity contribution < 1.29 is 14.3 Å².